The van der Waals surface area contributed by atoms with E-state index in [0.29, 0.717) is 25.9 Å². The lowest BCUT2D eigenvalue weighted by molar-refractivity contribution is -0.117. The van der Waals surface area contributed by atoms with Gasteiger partial charge in [0.05, 0.1) is 11.6 Å². The van der Waals surface area contributed by atoms with E-state index in [1.54, 1.807) is 12.1 Å². The van der Waals surface area contributed by atoms with E-state index < -0.39 is 10.0 Å². The number of nitrogens with zero attached hydrogens (tertiary/aromatic N) is 1. The van der Waals surface area contributed by atoms with E-state index in [-0.39, 0.29) is 28.4 Å². The van der Waals surface area contributed by atoms with Gasteiger partial charge in [-0.05, 0) is 43.2 Å². The van der Waals surface area contributed by atoms with Gasteiger partial charge in [0.25, 0.3) is 0 Å². The molecule has 0 bridgehead atoms. The Kier molecular flexibility index (Phi) is 7.11. The molecule has 0 aromatic heterocycles. The van der Waals surface area contributed by atoms with Crippen molar-refractivity contribution in [2.75, 3.05) is 25.0 Å². The summed E-state index contributed by atoms with van der Waals surface area (Å²) in [5.74, 6) is -0.0770. The molecule has 0 saturated carbocycles. The number of hydrogen-bond donors (Lipinski definition) is 2. The van der Waals surface area contributed by atoms with Crippen molar-refractivity contribution in [3.05, 3.63) is 58.0 Å². The largest absolute Gasteiger partial charge is 0.325 e. The van der Waals surface area contributed by atoms with Crippen LogP contribution in [-0.4, -0.2) is 44.9 Å². The topological polar surface area (TPSA) is 78.5 Å². The van der Waals surface area contributed by atoms with Crippen LogP contribution in [0.2, 0.25) is 5.02 Å². The summed E-state index contributed by atoms with van der Waals surface area (Å²) in [4.78, 5) is 14.3. The van der Waals surface area contributed by atoms with E-state index in [1.165, 1.54) is 6.07 Å². The molecule has 0 unspecified atom stereocenters. The summed E-state index contributed by atoms with van der Waals surface area (Å²) in [7, 11) is -3.69. The van der Waals surface area contributed by atoms with Crippen LogP contribution in [-0.2, 0) is 14.8 Å². The third-order valence-electron chi connectivity index (χ3n) is 4.52. The fraction of sp³-hybridized carbons (Fsp3) is 0.316. The molecule has 1 heterocycles. The van der Waals surface area contributed by atoms with Crippen molar-refractivity contribution in [2.24, 2.45) is 0 Å². The first-order valence-electron chi connectivity index (χ1n) is 8.88. The number of piperidine rings is 1. The van der Waals surface area contributed by atoms with Crippen LogP contribution in [0.3, 0.4) is 0 Å². The average molecular weight is 487 g/mol. The molecule has 150 valence electrons. The predicted octanol–water partition coefficient (Wildman–Crippen LogP) is 3.48. The highest BCUT2D eigenvalue weighted by Crippen LogP contribution is 2.26. The van der Waals surface area contributed by atoms with Crippen LogP contribution in [0, 0.1) is 0 Å². The Hall–Kier alpha value is -1.45. The summed E-state index contributed by atoms with van der Waals surface area (Å²) in [6.45, 7) is 1.57. The van der Waals surface area contributed by atoms with Crippen molar-refractivity contribution >= 4 is 49.1 Å². The van der Waals surface area contributed by atoms with Gasteiger partial charge in [-0.1, -0.05) is 45.7 Å². The Morgan fingerprint density at radius 3 is 2.46 bits per heavy atom. The first-order chi connectivity index (χ1) is 13.3. The second-order valence-electron chi connectivity index (χ2n) is 6.66. The zero-order chi connectivity index (χ0) is 20.1. The van der Waals surface area contributed by atoms with Crippen molar-refractivity contribution in [1.29, 1.82) is 0 Å². The highest BCUT2D eigenvalue weighted by Gasteiger charge is 2.26. The maximum atomic E-state index is 12.6. The molecule has 0 aliphatic carbocycles. The summed E-state index contributed by atoms with van der Waals surface area (Å²) in [6, 6.07) is 13.8. The van der Waals surface area contributed by atoms with Gasteiger partial charge in [-0.2, -0.15) is 0 Å². The van der Waals surface area contributed by atoms with E-state index in [1.807, 2.05) is 35.2 Å². The summed E-state index contributed by atoms with van der Waals surface area (Å²) in [6.07, 6.45) is 1.26. The van der Waals surface area contributed by atoms with Gasteiger partial charge in [-0.15, -0.1) is 0 Å². The minimum Gasteiger partial charge on any atom is -0.325 e. The Labute approximate surface area is 178 Å². The molecule has 28 heavy (non-hydrogen) atoms. The van der Waals surface area contributed by atoms with Crippen LogP contribution in [0.4, 0.5) is 5.69 Å². The first kappa shape index (κ1) is 21.3. The van der Waals surface area contributed by atoms with Gasteiger partial charge in [-0.3, -0.25) is 9.69 Å². The molecule has 1 aliphatic heterocycles. The fourth-order valence-electron chi connectivity index (χ4n) is 3.11. The quantitative estimate of drug-likeness (QED) is 0.655. The van der Waals surface area contributed by atoms with E-state index in [9.17, 15) is 13.2 Å². The zero-order valence-electron chi connectivity index (χ0n) is 15.1. The monoisotopic (exact) mass is 485 g/mol. The van der Waals surface area contributed by atoms with Crippen LogP contribution < -0.4 is 10.0 Å². The smallest absolute Gasteiger partial charge is 0.242 e. The van der Waals surface area contributed by atoms with E-state index in [4.69, 9.17) is 11.6 Å². The first-order valence-corrected chi connectivity index (χ1v) is 11.5. The molecule has 0 radical (unpaired) electrons. The second-order valence-corrected chi connectivity index (χ2v) is 9.67. The molecule has 1 fully saturated rings. The maximum absolute atomic E-state index is 12.6. The van der Waals surface area contributed by atoms with Crippen molar-refractivity contribution < 1.29 is 13.2 Å². The van der Waals surface area contributed by atoms with E-state index >= 15 is 0 Å². The molecule has 1 saturated heterocycles. The number of benzene rings is 2. The zero-order valence-corrected chi connectivity index (χ0v) is 18.2. The molecule has 0 spiro atoms. The fourth-order valence-corrected chi connectivity index (χ4v) is 5.45. The number of carbonyl (C=O) groups is 1. The number of halogens is 2. The molecule has 6 nitrogen and oxygen atoms in total. The van der Waals surface area contributed by atoms with E-state index in [2.05, 4.69) is 26.0 Å². The number of nitrogens with one attached hydrogen (secondary N) is 2. The van der Waals surface area contributed by atoms with E-state index in [0.717, 1.165) is 10.2 Å². The normalized spacial score (nSPS) is 16.1. The lowest BCUT2D eigenvalue weighted by Crippen LogP contribution is -2.46. The third kappa shape index (κ3) is 5.78. The number of carbonyl (C=O) groups excluding carboxylic acids is 1. The average Bonchev–Trinajstić information content (AvgIpc) is 2.63. The summed E-state index contributed by atoms with van der Waals surface area (Å²) in [5.41, 5.74) is 0.765. The van der Waals surface area contributed by atoms with Gasteiger partial charge in [0.2, 0.25) is 15.9 Å². The van der Waals surface area contributed by atoms with Gasteiger partial charge in [0, 0.05) is 29.3 Å². The molecule has 2 aromatic rings. The van der Waals surface area contributed by atoms with Crippen LogP contribution >= 0.6 is 27.5 Å². The third-order valence-corrected chi connectivity index (χ3v) is 7.01. The Bertz CT molecular complexity index is 933. The lowest BCUT2D eigenvalue weighted by atomic mass is 10.1. The van der Waals surface area contributed by atoms with Gasteiger partial charge in [-0.25, -0.2) is 13.1 Å². The number of hydrogen-bond acceptors (Lipinski definition) is 4. The van der Waals surface area contributed by atoms with Crippen molar-refractivity contribution in [3.8, 4) is 0 Å². The number of anilines is 1. The van der Waals surface area contributed by atoms with Crippen LogP contribution in [0.1, 0.15) is 12.8 Å². The lowest BCUT2D eigenvalue weighted by Gasteiger charge is -2.31. The molecule has 1 aliphatic rings. The maximum Gasteiger partial charge on any atom is 0.242 e. The van der Waals surface area contributed by atoms with Gasteiger partial charge >= 0.3 is 0 Å². The minimum atomic E-state index is -3.69. The number of rotatable bonds is 6. The molecule has 2 N–H and O–H groups in total. The molecule has 9 heteroatoms. The number of para-hydroxylation sites is 1. The highest BCUT2D eigenvalue weighted by atomic mass is 79.9. The summed E-state index contributed by atoms with van der Waals surface area (Å²) < 4.78 is 28.7. The Morgan fingerprint density at radius 1 is 1.14 bits per heavy atom. The Morgan fingerprint density at radius 2 is 1.82 bits per heavy atom. The molecular weight excluding hydrogens is 466 g/mol. The van der Waals surface area contributed by atoms with Crippen LogP contribution in [0.15, 0.2) is 57.9 Å². The Balaban J connectivity index is 1.50. The molecular formula is C19H21BrClN3O3S. The second kappa shape index (κ2) is 9.37. The molecule has 3 rings (SSSR count). The van der Waals surface area contributed by atoms with Gasteiger partial charge in [0.1, 0.15) is 4.90 Å². The SMILES string of the molecule is O=C(CN1CCC(NS(=O)(=O)c2ccc(Br)cc2Cl)CC1)Nc1ccccc1. The van der Waals surface area contributed by atoms with Gasteiger partial charge < -0.3 is 5.32 Å². The van der Waals surface area contributed by atoms with Gasteiger partial charge in [0.15, 0.2) is 0 Å². The predicted molar refractivity (Wildman–Crippen MR) is 114 cm³/mol. The standard InChI is InChI=1S/C19H21BrClN3O3S/c20-14-6-7-18(17(21)12-14)28(26,27)23-16-8-10-24(11-9-16)13-19(25)22-15-4-2-1-3-5-15/h1-7,12,16,23H,8-11,13H2,(H,22,25). The number of likely N-dealkylation sites (tertiary alicyclic amines) is 1. The van der Waals surface area contributed by atoms with Crippen LogP contribution in [0.25, 0.3) is 0 Å². The summed E-state index contributed by atoms with van der Waals surface area (Å²) >= 11 is 9.35. The highest BCUT2D eigenvalue weighted by molar-refractivity contribution is 9.10. The van der Waals surface area contributed by atoms with Crippen molar-refractivity contribution in [1.82, 2.24) is 9.62 Å². The number of amides is 1. The van der Waals surface area contributed by atoms with Crippen molar-refractivity contribution in [3.63, 3.8) is 0 Å². The minimum absolute atomic E-state index is 0.0713. The molecule has 0 atom stereocenters. The summed E-state index contributed by atoms with van der Waals surface area (Å²) in [5, 5.41) is 3.04. The number of sulfonamides is 1. The molecule has 1 amide bonds. The van der Waals surface area contributed by atoms with Crippen LogP contribution in [0.5, 0.6) is 0 Å². The van der Waals surface area contributed by atoms with Crippen molar-refractivity contribution in [2.45, 2.75) is 23.8 Å². The molecule has 2 aromatic carbocycles.